The van der Waals surface area contributed by atoms with Gasteiger partial charge in [0, 0.05) is 24.5 Å². The number of hydrogen-bond acceptors (Lipinski definition) is 5. The second-order valence-electron chi connectivity index (χ2n) is 2.89. The number of anilines is 1. The van der Waals surface area contributed by atoms with Gasteiger partial charge in [0.05, 0.1) is 0 Å². The molecule has 1 heterocycles. The summed E-state index contributed by atoms with van der Waals surface area (Å²) in [6.07, 6.45) is 3.12. The molecule has 1 atom stereocenters. The fraction of sp³-hybridized carbons (Fsp3) is 0.375. The molecule has 0 aromatic carbocycles. The zero-order valence-electron chi connectivity index (χ0n) is 7.77. The summed E-state index contributed by atoms with van der Waals surface area (Å²) in [6, 6.07) is -0.590. The van der Waals surface area contributed by atoms with Crippen LogP contribution in [0.25, 0.3) is 0 Å². The third kappa shape index (κ3) is 2.98. The highest BCUT2D eigenvalue weighted by molar-refractivity contribution is 5.72. The van der Waals surface area contributed by atoms with Crippen molar-refractivity contribution in [3.8, 4) is 0 Å². The molecule has 1 rings (SSSR count). The number of rotatable bonds is 4. The summed E-state index contributed by atoms with van der Waals surface area (Å²) in [5.41, 5.74) is 6.09. The standard InChI is InChI=1S/C8H12N4O2/c1-5(7(13)14)10-2-6-3-11-8(9)12-4-6/h3-5,10H,2H2,1H3,(H,13,14)(H2,9,11,12). The molecule has 0 aliphatic carbocycles. The SMILES string of the molecule is CC(NCc1cnc(N)nc1)C(=O)O. The van der Waals surface area contributed by atoms with Gasteiger partial charge < -0.3 is 16.2 Å². The predicted molar refractivity (Wildman–Crippen MR) is 50.4 cm³/mol. The molecular weight excluding hydrogens is 184 g/mol. The van der Waals surface area contributed by atoms with E-state index in [-0.39, 0.29) is 5.95 Å². The molecule has 0 fully saturated rings. The highest BCUT2D eigenvalue weighted by Gasteiger charge is 2.09. The number of nitrogen functional groups attached to an aromatic ring is 1. The van der Waals surface area contributed by atoms with Gasteiger partial charge in [0.25, 0.3) is 0 Å². The van der Waals surface area contributed by atoms with Crippen molar-refractivity contribution >= 4 is 11.9 Å². The number of carbonyl (C=O) groups is 1. The van der Waals surface area contributed by atoms with Gasteiger partial charge in [-0.2, -0.15) is 0 Å². The lowest BCUT2D eigenvalue weighted by molar-refractivity contribution is -0.139. The van der Waals surface area contributed by atoms with E-state index < -0.39 is 12.0 Å². The van der Waals surface area contributed by atoms with Gasteiger partial charge in [-0.1, -0.05) is 0 Å². The van der Waals surface area contributed by atoms with Crippen LogP contribution in [0.1, 0.15) is 12.5 Å². The third-order valence-electron chi connectivity index (χ3n) is 1.71. The van der Waals surface area contributed by atoms with Gasteiger partial charge in [-0.25, -0.2) is 9.97 Å². The van der Waals surface area contributed by atoms with Crippen molar-refractivity contribution in [2.75, 3.05) is 5.73 Å². The van der Waals surface area contributed by atoms with Crippen LogP contribution < -0.4 is 11.1 Å². The Bertz CT molecular complexity index is 312. The second-order valence-corrected chi connectivity index (χ2v) is 2.89. The lowest BCUT2D eigenvalue weighted by atomic mass is 10.3. The fourth-order valence-electron chi connectivity index (χ4n) is 0.814. The zero-order valence-corrected chi connectivity index (χ0v) is 7.77. The van der Waals surface area contributed by atoms with E-state index >= 15 is 0 Å². The van der Waals surface area contributed by atoms with Gasteiger partial charge >= 0.3 is 5.97 Å². The highest BCUT2D eigenvalue weighted by Crippen LogP contribution is 1.96. The summed E-state index contributed by atoms with van der Waals surface area (Å²) < 4.78 is 0. The van der Waals surface area contributed by atoms with Crippen molar-refractivity contribution in [1.82, 2.24) is 15.3 Å². The Morgan fingerprint density at radius 2 is 2.21 bits per heavy atom. The van der Waals surface area contributed by atoms with Crippen LogP contribution in [0, 0.1) is 0 Å². The molecule has 14 heavy (non-hydrogen) atoms. The number of carboxylic acids is 1. The van der Waals surface area contributed by atoms with Crippen LogP contribution in [0.2, 0.25) is 0 Å². The van der Waals surface area contributed by atoms with Crippen LogP contribution in [0.3, 0.4) is 0 Å². The number of aliphatic carboxylic acids is 1. The maximum absolute atomic E-state index is 10.5. The third-order valence-corrected chi connectivity index (χ3v) is 1.71. The number of carboxylic acid groups (broad SMARTS) is 1. The Hall–Kier alpha value is -1.69. The average Bonchev–Trinajstić information content (AvgIpc) is 2.16. The van der Waals surface area contributed by atoms with Crippen LogP contribution in [-0.2, 0) is 11.3 Å². The number of nitrogens with zero attached hydrogens (tertiary/aromatic N) is 2. The van der Waals surface area contributed by atoms with Crippen LogP contribution >= 0.6 is 0 Å². The summed E-state index contributed by atoms with van der Waals surface area (Å²) in [5.74, 6) is -0.679. The maximum atomic E-state index is 10.5. The average molecular weight is 196 g/mol. The Morgan fingerprint density at radius 1 is 1.64 bits per heavy atom. The number of nitrogens with two attached hydrogens (primary N) is 1. The van der Waals surface area contributed by atoms with E-state index in [4.69, 9.17) is 10.8 Å². The first-order valence-electron chi connectivity index (χ1n) is 4.12. The van der Waals surface area contributed by atoms with Gasteiger partial charge in [-0.3, -0.25) is 4.79 Å². The molecule has 76 valence electrons. The van der Waals surface area contributed by atoms with Crippen LogP contribution in [0.15, 0.2) is 12.4 Å². The molecule has 0 aliphatic rings. The molecule has 4 N–H and O–H groups in total. The summed E-state index contributed by atoms with van der Waals surface area (Å²) in [4.78, 5) is 18.0. The second kappa shape index (κ2) is 4.52. The van der Waals surface area contributed by atoms with E-state index in [1.807, 2.05) is 0 Å². The molecule has 0 bridgehead atoms. The van der Waals surface area contributed by atoms with Gasteiger partial charge in [-0.15, -0.1) is 0 Å². The Kier molecular flexibility index (Phi) is 3.35. The number of aromatic nitrogens is 2. The molecule has 0 radical (unpaired) electrons. The fourth-order valence-corrected chi connectivity index (χ4v) is 0.814. The first-order valence-corrected chi connectivity index (χ1v) is 4.12. The predicted octanol–water partition coefficient (Wildman–Crippen LogP) is -0.378. The lowest BCUT2D eigenvalue weighted by Crippen LogP contribution is -2.33. The molecule has 1 aromatic rings. The molecule has 0 amide bonds. The number of nitrogens with one attached hydrogen (secondary N) is 1. The zero-order chi connectivity index (χ0) is 10.6. The van der Waals surface area contributed by atoms with E-state index in [2.05, 4.69) is 15.3 Å². The molecule has 1 unspecified atom stereocenters. The van der Waals surface area contributed by atoms with Crippen LogP contribution in [0.4, 0.5) is 5.95 Å². The summed E-state index contributed by atoms with van der Waals surface area (Å²) in [7, 11) is 0. The summed E-state index contributed by atoms with van der Waals surface area (Å²) in [6.45, 7) is 1.98. The smallest absolute Gasteiger partial charge is 0.320 e. The Morgan fingerprint density at radius 3 is 2.71 bits per heavy atom. The molecule has 6 heteroatoms. The van der Waals surface area contributed by atoms with Gasteiger partial charge in [0.1, 0.15) is 6.04 Å². The van der Waals surface area contributed by atoms with Gasteiger partial charge in [0.2, 0.25) is 5.95 Å². The summed E-state index contributed by atoms with van der Waals surface area (Å²) in [5, 5.41) is 11.4. The molecule has 0 spiro atoms. The number of hydrogen-bond donors (Lipinski definition) is 3. The molecule has 6 nitrogen and oxygen atoms in total. The maximum Gasteiger partial charge on any atom is 0.320 e. The monoisotopic (exact) mass is 196 g/mol. The van der Waals surface area contributed by atoms with Crippen LogP contribution in [-0.4, -0.2) is 27.1 Å². The van der Waals surface area contributed by atoms with E-state index in [0.717, 1.165) is 5.56 Å². The molecule has 1 aromatic heterocycles. The molecule has 0 saturated carbocycles. The van der Waals surface area contributed by atoms with Crippen molar-refractivity contribution < 1.29 is 9.90 Å². The van der Waals surface area contributed by atoms with Crippen molar-refractivity contribution in [1.29, 1.82) is 0 Å². The lowest BCUT2D eigenvalue weighted by Gasteiger charge is -2.08. The van der Waals surface area contributed by atoms with E-state index in [9.17, 15) is 4.79 Å². The van der Waals surface area contributed by atoms with Crippen molar-refractivity contribution in [2.24, 2.45) is 0 Å². The Labute approximate surface area is 81.2 Å². The Balaban J connectivity index is 2.46. The largest absolute Gasteiger partial charge is 0.480 e. The summed E-state index contributed by atoms with van der Waals surface area (Å²) >= 11 is 0. The van der Waals surface area contributed by atoms with Gasteiger partial charge in [0.15, 0.2) is 0 Å². The first kappa shape index (κ1) is 10.4. The van der Waals surface area contributed by atoms with E-state index in [1.165, 1.54) is 0 Å². The molecule has 0 aliphatic heterocycles. The van der Waals surface area contributed by atoms with Gasteiger partial charge in [-0.05, 0) is 6.92 Å². The molecular formula is C8H12N4O2. The first-order chi connectivity index (χ1) is 6.59. The minimum absolute atomic E-state index is 0.208. The minimum Gasteiger partial charge on any atom is -0.480 e. The van der Waals surface area contributed by atoms with Crippen molar-refractivity contribution in [2.45, 2.75) is 19.5 Å². The van der Waals surface area contributed by atoms with E-state index in [1.54, 1.807) is 19.3 Å². The van der Waals surface area contributed by atoms with Crippen molar-refractivity contribution in [3.05, 3.63) is 18.0 Å². The van der Waals surface area contributed by atoms with Crippen LogP contribution in [0.5, 0.6) is 0 Å². The van der Waals surface area contributed by atoms with E-state index in [0.29, 0.717) is 6.54 Å². The normalized spacial score (nSPS) is 12.4. The topological polar surface area (TPSA) is 101 Å². The quantitative estimate of drug-likeness (QED) is 0.607. The highest BCUT2D eigenvalue weighted by atomic mass is 16.4. The minimum atomic E-state index is -0.888. The van der Waals surface area contributed by atoms with Crippen molar-refractivity contribution in [3.63, 3.8) is 0 Å². The molecule has 0 saturated heterocycles.